The van der Waals surface area contributed by atoms with E-state index in [1.807, 2.05) is 32.0 Å². The molecule has 0 saturated carbocycles. The van der Waals surface area contributed by atoms with Gasteiger partial charge in [0.1, 0.15) is 35.2 Å². The van der Waals surface area contributed by atoms with Crippen molar-refractivity contribution in [3.8, 4) is 56.3 Å². The first-order valence-electron chi connectivity index (χ1n) is 32.7. The van der Waals surface area contributed by atoms with Gasteiger partial charge in [-0.25, -0.2) is 0 Å². The van der Waals surface area contributed by atoms with Crippen molar-refractivity contribution >= 4 is 0 Å². The smallest absolute Gasteiger partial charge is 0.199 e. The standard InChI is InChI=1S/5C16H20N/c1-11-9-14(4)17(5)15(10-11)16-12(2)7-6-8-13(16)3;2*1-11-7-6-8-15(13(11)3)16-10-9-12(2)14(4)17(16)5;2*1-11-8-6-7-9-15(11)16-14(4)12(2)10-13(3)17(16)5/h5*6-10H,1-5H3/q5*+1/i;2D3,4D3;;;. The molecule has 0 aliphatic heterocycles. The second-order valence-electron chi connectivity index (χ2n) is 23.6. The number of benzene rings is 5. The average molecular weight is 1140 g/mol. The van der Waals surface area contributed by atoms with Gasteiger partial charge in [-0.2, -0.15) is 22.8 Å². The molecule has 5 nitrogen and oxygen atoms in total. The van der Waals surface area contributed by atoms with Gasteiger partial charge in [0.05, 0.1) is 5.56 Å². The highest BCUT2D eigenvalue weighted by Crippen LogP contribution is 2.29. The first-order valence-corrected chi connectivity index (χ1v) is 29.7. The first kappa shape index (κ1) is 57.3. The summed E-state index contributed by atoms with van der Waals surface area (Å²) in [6.07, 6.45) is 0. The fourth-order valence-corrected chi connectivity index (χ4v) is 11.3. The van der Waals surface area contributed by atoms with Crippen LogP contribution in [0.15, 0.2) is 152 Å². The molecule has 0 aliphatic carbocycles. The zero-order valence-corrected chi connectivity index (χ0v) is 55.7. The van der Waals surface area contributed by atoms with Crippen molar-refractivity contribution in [2.45, 2.75) is 138 Å². The van der Waals surface area contributed by atoms with E-state index in [9.17, 15) is 0 Å². The second-order valence-corrected chi connectivity index (χ2v) is 23.6. The van der Waals surface area contributed by atoms with Crippen LogP contribution in [0, 0.1) is 138 Å². The molecule has 0 N–H and O–H groups in total. The third kappa shape index (κ3) is 15.0. The zero-order chi connectivity index (χ0) is 67.9. The van der Waals surface area contributed by atoms with Gasteiger partial charge in [-0.05, 0) is 201 Å². The van der Waals surface area contributed by atoms with Gasteiger partial charge in [0.2, 0.25) is 28.5 Å². The highest BCUT2D eigenvalue weighted by molar-refractivity contribution is 5.68. The Hall–Kier alpha value is -8.15. The number of nitrogens with zero attached hydrogens (tertiary/aromatic N) is 5. The lowest BCUT2D eigenvalue weighted by molar-refractivity contribution is -0.667. The Morgan fingerprint density at radius 1 is 0.259 bits per heavy atom. The van der Waals surface area contributed by atoms with E-state index in [2.05, 4.69) is 279 Å². The predicted octanol–water partition coefficient (Wildman–Crippen LogP) is 17.1. The molecular formula is C80H100N5+5. The van der Waals surface area contributed by atoms with Gasteiger partial charge in [-0.3, -0.25) is 0 Å². The van der Waals surface area contributed by atoms with E-state index in [1.54, 1.807) is 13.1 Å². The number of aryl methyl sites for hydroxylation is 14. The van der Waals surface area contributed by atoms with Crippen LogP contribution in [0.1, 0.15) is 120 Å². The molecular weight excluding hydrogens is 1030 g/mol. The largest absolute Gasteiger partial charge is 0.215 e. The summed E-state index contributed by atoms with van der Waals surface area (Å²) in [5.41, 5.74) is 35.4. The molecule has 0 spiro atoms. The van der Waals surface area contributed by atoms with Gasteiger partial charge in [-0.15, -0.1) is 0 Å². The monoisotopic (exact) mass is 1140 g/mol. The van der Waals surface area contributed by atoms with Crippen LogP contribution in [0.2, 0.25) is 0 Å². The summed E-state index contributed by atoms with van der Waals surface area (Å²) >= 11 is 0. The minimum Gasteiger partial charge on any atom is -0.199 e. The zero-order valence-electron chi connectivity index (χ0n) is 61.7. The molecule has 0 aliphatic rings. The lowest BCUT2D eigenvalue weighted by atomic mass is 9.98. The Balaban J connectivity index is 0.000000182. The number of hydrogen-bond acceptors (Lipinski definition) is 0. The van der Waals surface area contributed by atoms with Crippen LogP contribution in [0.25, 0.3) is 56.3 Å². The molecule has 5 aromatic carbocycles. The highest BCUT2D eigenvalue weighted by Gasteiger charge is 2.23. The van der Waals surface area contributed by atoms with Crippen molar-refractivity contribution in [2.75, 3.05) is 0 Å². The van der Waals surface area contributed by atoms with Crippen molar-refractivity contribution < 1.29 is 31.1 Å². The molecule has 0 radical (unpaired) electrons. The predicted molar refractivity (Wildman–Crippen MR) is 360 cm³/mol. The fraction of sp³-hybridized carbons (Fsp3) is 0.312. The van der Waals surface area contributed by atoms with E-state index in [4.69, 9.17) is 8.22 Å². The molecule has 5 aromatic heterocycles. The van der Waals surface area contributed by atoms with Crippen LogP contribution < -0.4 is 22.8 Å². The first-order chi connectivity index (χ1) is 42.5. The molecule has 0 fully saturated rings. The molecule has 5 heterocycles. The maximum atomic E-state index is 7.75. The van der Waals surface area contributed by atoms with E-state index < -0.39 is 13.7 Å². The maximum Gasteiger partial charge on any atom is 0.215 e. The summed E-state index contributed by atoms with van der Waals surface area (Å²) in [6.45, 7) is 33.8. The lowest BCUT2D eigenvalue weighted by Crippen LogP contribution is -2.36. The summed E-state index contributed by atoms with van der Waals surface area (Å²) in [7, 11) is 10.2. The SMILES string of the molecule is Cc1cc(C)[n+](C)c(-c2c(C)cccc2C)c1.Cc1cccc(-c2ccc(C)c(C)[n+]2C)c1C.Cc1ccccc1-c1c(C)c(C)cc(C)[n+]1C.Cc1ccccc1-c1c(C)c(C)cc(C)[n+]1C.[2H]C([2H])([2H])c1ccc(-c2cccc(C)c2C)[n+](C)c1C([2H])([2H])[2H]. The van der Waals surface area contributed by atoms with E-state index in [0.29, 0.717) is 5.69 Å². The Morgan fingerprint density at radius 3 is 1.07 bits per heavy atom. The van der Waals surface area contributed by atoms with Crippen molar-refractivity contribution in [1.29, 1.82) is 0 Å². The number of rotatable bonds is 5. The van der Waals surface area contributed by atoms with Crippen LogP contribution >= 0.6 is 0 Å². The van der Waals surface area contributed by atoms with Gasteiger partial charge >= 0.3 is 0 Å². The Morgan fingerprint density at radius 2 is 0.635 bits per heavy atom. The van der Waals surface area contributed by atoms with Gasteiger partial charge in [0.15, 0.2) is 28.5 Å². The van der Waals surface area contributed by atoms with Crippen LogP contribution in [-0.2, 0) is 35.2 Å². The molecule has 0 amide bonds. The molecule has 5 heteroatoms. The number of hydrogen-bond donors (Lipinski definition) is 0. The molecule has 440 valence electrons. The van der Waals surface area contributed by atoms with Crippen molar-refractivity contribution in [3.63, 3.8) is 0 Å². The van der Waals surface area contributed by atoms with E-state index in [1.165, 1.54) is 145 Å². The summed E-state index contributed by atoms with van der Waals surface area (Å²) < 4.78 is 56.7. The third-order valence-corrected chi connectivity index (χ3v) is 17.7. The van der Waals surface area contributed by atoms with Crippen LogP contribution in [-0.4, -0.2) is 0 Å². The maximum absolute atomic E-state index is 7.75. The van der Waals surface area contributed by atoms with Gasteiger partial charge in [0.25, 0.3) is 0 Å². The molecule has 0 bridgehead atoms. The van der Waals surface area contributed by atoms with Crippen LogP contribution in [0.5, 0.6) is 0 Å². The molecule has 85 heavy (non-hydrogen) atoms. The van der Waals surface area contributed by atoms with E-state index in [0.717, 1.165) is 16.7 Å². The minimum absolute atomic E-state index is 0.131. The van der Waals surface area contributed by atoms with Crippen molar-refractivity contribution in [3.05, 3.63) is 264 Å². The Kier molecular flexibility index (Phi) is 19.3. The van der Waals surface area contributed by atoms with Crippen LogP contribution in [0.4, 0.5) is 0 Å². The quantitative estimate of drug-likeness (QED) is 0.153. The molecule has 0 unspecified atom stereocenters. The van der Waals surface area contributed by atoms with E-state index >= 15 is 0 Å². The summed E-state index contributed by atoms with van der Waals surface area (Å²) in [4.78, 5) is 0. The third-order valence-electron chi connectivity index (χ3n) is 17.7. The minimum atomic E-state index is -2.51. The summed E-state index contributed by atoms with van der Waals surface area (Å²) in [5.74, 6) is 0. The number of aromatic nitrogens is 5. The Bertz CT molecular complexity index is 4120. The molecule has 0 atom stereocenters. The molecule has 0 saturated heterocycles. The fourth-order valence-electron chi connectivity index (χ4n) is 11.3. The van der Waals surface area contributed by atoms with Gasteiger partial charge in [-0.1, -0.05) is 78.9 Å². The van der Waals surface area contributed by atoms with Crippen molar-refractivity contribution in [2.24, 2.45) is 35.2 Å². The van der Waals surface area contributed by atoms with E-state index in [-0.39, 0.29) is 11.3 Å². The topological polar surface area (TPSA) is 19.4 Å². The van der Waals surface area contributed by atoms with Gasteiger partial charge < -0.3 is 0 Å². The normalized spacial score (nSPS) is 12.0. The van der Waals surface area contributed by atoms with Crippen molar-refractivity contribution in [1.82, 2.24) is 0 Å². The lowest BCUT2D eigenvalue weighted by Gasteiger charge is -2.10. The number of pyridine rings is 5. The van der Waals surface area contributed by atoms with Crippen LogP contribution in [0.3, 0.4) is 0 Å². The average Bonchev–Trinajstić information content (AvgIpc) is 0.800. The highest BCUT2D eigenvalue weighted by atomic mass is 15.0. The molecule has 10 rings (SSSR count). The molecule has 10 aromatic rings. The Labute approximate surface area is 522 Å². The van der Waals surface area contributed by atoms with Gasteiger partial charge in [0, 0.05) is 124 Å². The summed E-state index contributed by atoms with van der Waals surface area (Å²) in [5, 5.41) is 0. The second kappa shape index (κ2) is 28.6. The summed E-state index contributed by atoms with van der Waals surface area (Å²) in [6, 6.07) is 52.4.